The number of amides is 2. The zero-order valence-electron chi connectivity index (χ0n) is 16.3. The zero-order chi connectivity index (χ0) is 21.6. The summed E-state index contributed by atoms with van der Waals surface area (Å²) in [6.07, 6.45) is 8.54. The standard InChI is InChI=1S/C23H17N3O4S/c1-2-16-6-3-7-18(12-16)26(14-19-8-4-10-29-19)21(27)13-17-15-31-23(24-17)25-22(28)20-9-5-11-30-20/h1,3-12,15H,13-14H2,(H,24,25,28). The molecule has 0 bridgehead atoms. The lowest BCUT2D eigenvalue weighted by atomic mass is 10.1. The summed E-state index contributed by atoms with van der Waals surface area (Å²) >= 11 is 1.24. The topological polar surface area (TPSA) is 88.6 Å². The number of hydrogen-bond acceptors (Lipinski definition) is 6. The molecular weight excluding hydrogens is 414 g/mol. The lowest BCUT2D eigenvalue weighted by molar-refractivity contribution is -0.118. The SMILES string of the molecule is C#Cc1cccc(N(Cc2ccco2)C(=O)Cc2csc(NC(=O)c3ccco3)n2)c1. The molecule has 0 unspecified atom stereocenters. The minimum Gasteiger partial charge on any atom is -0.467 e. The van der Waals surface area contributed by atoms with Crippen LogP contribution in [-0.4, -0.2) is 16.8 Å². The van der Waals surface area contributed by atoms with E-state index in [9.17, 15) is 9.59 Å². The van der Waals surface area contributed by atoms with Crippen molar-refractivity contribution in [3.05, 3.63) is 89.2 Å². The van der Waals surface area contributed by atoms with E-state index in [2.05, 4.69) is 16.2 Å². The van der Waals surface area contributed by atoms with Crippen molar-refractivity contribution in [2.45, 2.75) is 13.0 Å². The Labute approximate surface area is 182 Å². The molecule has 0 fully saturated rings. The molecule has 4 aromatic rings. The molecule has 7 nitrogen and oxygen atoms in total. The maximum absolute atomic E-state index is 13.2. The third-order valence-electron chi connectivity index (χ3n) is 4.37. The highest BCUT2D eigenvalue weighted by Crippen LogP contribution is 2.22. The minimum absolute atomic E-state index is 0.0497. The van der Waals surface area contributed by atoms with E-state index in [0.29, 0.717) is 27.8 Å². The average molecular weight is 431 g/mol. The van der Waals surface area contributed by atoms with Gasteiger partial charge in [-0.15, -0.1) is 17.8 Å². The van der Waals surface area contributed by atoms with Crippen molar-refractivity contribution in [1.29, 1.82) is 0 Å². The van der Waals surface area contributed by atoms with E-state index in [1.165, 1.54) is 17.6 Å². The number of carbonyl (C=O) groups is 2. The molecule has 0 atom stereocenters. The second-order valence-electron chi connectivity index (χ2n) is 6.51. The highest BCUT2D eigenvalue weighted by molar-refractivity contribution is 7.14. The van der Waals surface area contributed by atoms with E-state index in [1.54, 1.807) is 59.0 Å². The minimum atomic E-state index is -0.400. The number of terminal acetylenes is 1. The fraction of sp³-hybridized carbons (Fsp3) is 0.0870. The van der Waals surface area contributed by atoms with Gasteiger partial charge in [0.05, 0.1) is 31.2 Å². The van der Waals surface area contributed by atoms with Gasteiger partial charge in [-0.3, -0.25) is 14.9 Å². The van der Waals surface area contributed by atoms with E-state index < -0.39 is 5.91 Å². The molecule has 154 valence electrons. The van der Waals surface area contributed by atoms with Gasteiger partial charge in [0.25, 0.3) is 5.91 Å². The molecule has 0 aliphatic carbocycles. The second kappa shape index (κ2) is 9.15. The molecular formula is C23H17N3O4S. The number of nitrogens with zero attached hydrogens (tertiary/aromatic N) is 2. The number of benzene rings is 1. The summed E-state index contributed by atoms with van der Waals surface area (Å²) in [6, 6.07) is 14.0. The molecule has 0 spiro atoms. The van der Waals surface area contributed by atoms with Crippen molar-refractivity contribution in [2.75, 3.05) is 10.2 Å². The van der Waals surface area contributed by atoms with Crippen LogP contribution in [0.25, 0.3) is 0 Å². The highest BCUT2D eigenvalue weighted by Gasteiger charge is 2.20. The average Bonchev–Trinajstić information content (AvgIpc) is 3.55. The second-order valence-corrected chi connectivity index (χ2v) is 7.36. The maximum Gasteiger partial charge on any atom is 0.293 e. The molecule has 8 heteroatoms. The predicted octanol–water partition coefficient (Wildman–Crippen LogP) is 4.34. The Kier molecular flexibility index (Phi) is 5.96. The van der Waals surface area contributed by atoms with Crippen LogP contribution in [0.5, 0.6) is 0 Å². The monoisotopic (exact) mass is 431 g/mol. The fourth-order valence-corrected chi connectivity index (χ4v) is 3.61. The number of rotatable bonds is 7. The Morgan fingerprint density at radius 3 is 2.71 bits per heavy atom. The van der Waals surface area contributed by atoms with E-state index >= 15 is 0 Å². The number of furan rings is 2. The molecule has 3 heterocycles. The lowest BCUT2D eigenvalue weighted by Gasteiger charge is -2.22. The summed E-state index contributed by atoms with van der Waals surface area (Å²) < 4.78 is 10.5. The first-order valence-corrected chi connectivity index (χ1v) is 10.2. The van der Waals surface area contributed by atoms with Crippen LogP contribution in [0.4, 0.5) is 10.8 Å². The van der Waals surface area contributed by atoms with Crippen molar-refractivity contribution >= 4 is 34.0 Å². The summed E-state index contributed by atoms with van der Waals surface area (Å²) in [7, 11) is 0. The molecule has 31 heavy (non-hydrogen) atoms. The van der Waals surface area contributed by atoms with E-state index in [-0.39, 0.29) is 24.6 Å². The van der Waals surface area contributed by atoms with Gasteiger partial charge in [-0.1, -0.05) is 12.0 Å². The van der Waals surface area contributed by atoms with Crippen LogP contribution >= 0.6 is 11.3 Å². The van der Waals surface area contributed by atoms with Gasteiger partial charge in [0.1, 0.15) is 5.76 Å². The quantitative estimate of drug-likeness (QED) is 0.440. The predicted molar refractivity (Wildman–Crippen MR) is 117 cm³/mol. The molecule has 2 amide bonds. The van der Waals surface area contributed by atoms with Gasteiger partial charge in [-0.05, 0) is 42.5 Å². The van der Waals surface area contributed by atoms with Crippen LogP contribution in [0, 0.1) is 12.3 Å². The van der Waals surface area contributed by atoms with Crippen LogP contribution in [-0.2, 0) is 17.8 Å². The van der Waals surface area contributed by atoms with Gasteiger partial charge >= 0.3 is 0 Å². The molecule has 0 aliphatic heterocycles. The maximum atomic E-state index is 13.2. The van der Waals surface area contributed by atoms with Crippen LogP contribution in [0.15, 0.2) is 75.3 Å². The van der Waals surface area contributed by atoms with Crippen LogP contribution in [0.1, 0.15) is 27.6 Å². The van der Waals surface area contributed by atoms with Gasteiger partial charge in [-0.25, -0.2) is 4.98 Å². The summed E-state index contributed by atoms with van der Waals surface area (Å²) in [5.41, 5.74) is 1.88. The zero-order valence-corrected chi connectivity index (χ0v) is 17.1. The molecule has 0 radical (unpaired) electrons. The summed E-state index contributed by atoms with van der Waals surface area (Å²) in [5, 5.41) is 4.78. The molecule has 4 rings (SSSR count). The van der Waals surface area contributed by atoms with Gasteiger partial charge < -0.3 is 13.7 Å². The van der Waals surface area contributed by atoms with Crippen molar-refractivity contribution in [3.8, 4) is 12.3 Å². The van der Waals surface area contributed by atoms with Crippen molar-refractivity contribution in [3.63, 3.8) is 0 Å². The summed E-state index contributed by atoms with van der Waals surface area (Å²) in [6.45, 7) is 0.256. The van der Waals surface area contributed by atoms with Gasteiger partial charge in [0.2, 0.25) is 5.91 Å². The fourth-order valence-electron chi connectivity index (χ4n) is 2.91. The van der Waals surface area contributed by atoms with Crippen molar-refractivity contribution in [1.82, 2.24) is 4.98 Å². The van der Waals surface area contributed by atoms with Crippen LogP contribution in [0.2, 0.25) is 0 Å². The van der Waals surface area contributed by atoms with E-state index in [4.69, 9.17) is 15.3 Å². The summed E-state index contributed by atoms with van der Waals surface area (Å²) in [4.78, 5) is 31.2. The Balaban J connectivity index is 1.50. The van der Waals surface area contributed by atoms with Crippen LogP contribution < -0.4 is 10.2 Å². The first kappa shape index (κ1) is 20.2. The van der Waals surface area contributed by atoms with Gasteiger partial charge in [-0.2, -0.15) is 0 Å². The van der Waals surface area contributed by atoms with Crippen molar-refractivity contribution in [2.24, 2.45) is 0 Å². The lowest BCUT2D eigenvalue weighted by Crippen LogP contribution is -2.31. The van der Waals surface area contributed by atoms with E-state index in [0.717, 1.165) is 0 Å². The summed E-state index contributed by atoms with van der Waals surface area (Å²) in [5.74, 6) is 2.83. The normalized spacial score (nSPS) is 10.4. The number of thiazole rings is 1. The first-order valence-electron chi connectivity index (χ1n) is 9.31. The van der Waals surface area contributed by atoms with Gasteiger partial charge in [0, 0.05) is 16.6 Å². The third-order valence-corrected chi connectivity index (χ3v) is 5.18. The third kappa shape index (κ3) is 4.91. The number of nitrogens with one attached hydrogen (secondary N) is 1. The molecule has 1 N–H and O–H groups in total. The highest BCUT2D eigenvalue weighted by atomic mass is 32.1. The van der Waals surface area contributed by atoms with E-state index in [1.807, 2.05) is 6.07 Å². The van der Waals surface area contributed by atoms with Crippen LogP contribution in [0.3, 0.4) is 0 Å². The smallest absolute Gasteiger partial charge is 0.293 e. The largest absolute Gasteiger partial charge is 0.467 e. The number of hydrogen-bond donors (Lipinski definition) is 1. The number of aromatic nitrogens is 1. The molecule has 1 aromatic carbocycles. The van der Waals surface area contributed by atoms with Gasteiger partial charge in [0.15, 0.2) is 10.9 Å². The molecule has 0 saturated carbocycles. The Morgan fingerprint density at radius 2 is 1.97 bits per heavy atom. The molecule has 0 saturated heterocycles. The number of carbonyl (C=O) groups excluding carboxylic acids is 2. The number of anilines is 2. The Hall–Kier alpha value is -4.09. The Bertz CT molecular complexity index is 1220. The molecule has 3 aromatic heterocycles. The Morgan fingerprint density at radius 1 is 1.13 bits per heavy atom. The first-order chi connectivity index (χ1) is 15.1. The molecule has 0 aliphatic rings. The van der Waals surface area contributed by atoms with Crippen molar-refractivity contribution < 1.29 is 18.4 Å².